The van der Waals surface area contributed by atoms with Gasteiger partial charge in [-0.1, -0.05) is 0 Å². The molecule has 0 unspecified atom stereocenters. The number of aliphatic hydroxyl groups excluding tert-OH is 1. The van der Waals surface area contributed by atoms with Crippen LogP contribution in [0, 0.1) is 12.8 Å². The average Bonchev–Trinajstić information content (AvgIpc) is 2.80. The van der Waals surface area contributed by atoms with Crippen molar-refractivity contribution in [2.24, 2.45) is 13.0 Å². The fraction of sp³-hybridized carbons (Fsp3) is 0.769. The summed E-state index contributed by atoms with van der Waals surface area (Å²) in [5.74, 6) is 0.316. The van der Waals surface area contributed by atoms with Gasteiger partial charge in [0.15, 0.2) is 0 Å². The van der Waals surface area contributed by atoms with Gasteiger partial charge in [0.1, 0.15) is 4.90 Å². The van der Waals surface area contributed by atoms with Gasteiger partial charge in [0.05, 0.1) is 11.9 Å². The van der Waals surface area contributed by atoms with Crippen molar-refractivity contribution >= 4 is 10.0 Å². The highest BCUT2D eigenvalue weighted by atomic mass is 32.2. The molecule has 0 aliphatic carbocycles. The summed E-state index contributed by atoms with van der Waals surface area (Å²) in [6, 6.07) is 0. The van der Waals surface area contributed by atoms with E-state index >= 15 is 0 Å². The predicted octanol–water partition coefficient (Wildman–Crippen LogP) is -0.289. The normalized spacial score (nSPS) is 20.8. The average molecular weight is 316 g/mol. The zero-order chi connectivity index (χ0) is 15.5. The number of aryl methyl sites for hydroxylation is 1. The fourth-order valence-corrected chi connectivity index (χ4v) is 3.88. The first kappa shape index (κ1) is 16.4. The van der Waals surface area contributed by atoms with Crippen molar-refractivity contribution in [2.75, 3.05) is 32.8 Å². The molecule has 1 aliphatic rings. The van der Waals surface area contributed by atoms with E-state index in [1.54, 1.807) is 18.7 Å². The maximum Gasteiger partial charge on any atom is 0.244 e. The molecule has 0 saturated carbocycles. The van der Waals surface area contributed by atoms with Crippen LogP contribution in [-0.4, -0.2) is 61.0 Å². The van der Waals surface area contributed by atoms with E-state index in [1.807, 2.05) is 0 Å². The SMILES string of the molecule is Cc1c(S(=O)(=O)NCCN2CCC[C@H](CO)C2)cnn1C. The molecule has 7 nitrogen and oxygen atoms in total. The minimum absolute atomic E-state index is 0.205. The van der Waals surface area contributed by atoms with Crippen LogP contribution >= 0.6 is 0 Å². The number of nitrogens with one attached hydrogen (secondary N) is 1. The minimum Gasteiger partial charge on any atom is -0.396 e. The lowest BCUT2D eigenvalue weighted by Gasteiger charge is -2.31. The highest BCUT2D eigenvalue weighted by Crippen LogP contribution is 2.15. The van der Waals surface area contributed by atoms with E-state index in [2.05, 4.69) is 14.7 Å². The van der Waals surface area contributed by atoms with Crippen molar-refractivity contribution in [3.05, 3.63) is 11.9 Å². The van der Waals surface area contributed by atoms with Crippen molar-refractivity contribution in [1.82, 2.24) is 19.4 Å². The van der Waals surface area contributed by atoms with E-state index in [4.69, 9.17) is 0 Å². The monoisotopic (exact) mass is 316 g/mol. The van der Waals surface area contributed by atoms with Gasteiger partial charge in [0, 0.05) is 33.3 Å². The molecule has 1 aliphatic heterocycles. The van der Waals surface area contributed by atoms with E-state index in [9.17, 15) is 13.5 Å². The molecule has 120 valence electrons. The van der Waals surface area contributed by atoms with Crippen molar-refractivity contribution in [2.45, 2.75) is 24.7 Å². The molecule has 0 radical (unpaired) electrons. The third-order valence-corrected chi connectivity index (χ3v) is 5.63. The Labute approximate surface area is 126 Å². The molecule has 2 heterocycles. The summed E-state index contributed by atoms with van der Waals surface area (Å²) in [4.78, 5) is 2.43. The molecule has 0 aromatic carbocycles. The molecule has 1 fully saturated rings. The van der Waals surface area contributed by atoms with Crippen molar-refractivity contribution in [3.63, 3.8) is 0 Å². The molecule has 2 N–H and O–H groups in total. The summed E-state index contributed by atoms with van der Waals surface area (Å²) in [5, 5.41) is 13.2. The van der Waals surface area contributed by atoms with E-state index in [0.717, 1.165) is 25.9 Å². The molecule has 1 aromatic heterocycles. The number of sulfonamides is 1. The second-order valence-electron chi connectivity index (χ2n) is 5.61. The van der Waals surface area contributed by atoms with E-state index in [0.29, 0.717) is 24.7 Å². The van der Waals surface area contributed by atoms with Gasteiger partial charge in [0.2, 0.25) is 10.0 Å². The third-order valence-electron chi connectivity index (χ3n) is 4.06. The Morgan fingerprint density at radius 3 is 2.90 bits per heavy atom. The molecule has 1 atom stereocenters. The number of hydrogen-bond donors (Lipinski definition) is 2. The van der Waals surface area contributed by atoms with Gasteiger partial charge >= 0.3 is 0 Å². The number of hydrogen-bond acceptors (Lipinski definition) is 5. The van der Waals surface area contributed by atoms with Gasteiger partial charge < -0.3 is 10.0 Å². The summed E-state index contributed by atoms with van der Waals surface area (Å²) >= 11 is 0. The van der Waals surface area contributed by atoms with Crippen molar-refractivity contribution in [1.29, 1.82) is 0 Å². The first-order chi connectivity index (χ1) is 9.94. The maximum absolute atomic E-state index is 12.2. The standard InChI is InChI=1S/C13H24N4O3S/c1-11-13(8-14-16(11)2)21(19,20)15-5-7-17-6-3-4-12(9-17)10-18/h8,12,15,18H,3-7,9-10H2,1-2H3/t12-/m0/s1. The van der Waals surface area contributed by atoms with Crippen LogP contribution in [0.5, 0.6) is 0 Å². The summed E-state index contributed by atoms with van der Waals surface area (Å²) in [6.07, 6.45) is 3.48. The minimum atomic E-state index is -3.50. The molecule has 1 saturated heterocycles. The van der Waals surface area contributed by atoms with Gasteiger partial charge in [-0.05, 0) is 32.2 Å². The van der Waals surface area contributed by atoms with Crippen LogP contribution in [-0.2, 0) is 17.1 Å². The first-order valence-electron chi connectivity index (χ1n) is 7.25. The van der Waals surface area contributed by atoms with Gasteiger partial charge in [-0.3, -0.25) is 4.68 Å². The van der Waals surface area contributed by atoms with Crippen LogP contribution in [0.2, 0.25) is 0 Å². The molecular weight excluding hydrogens is 292 g/mol. The van der Waals surface area contributed by atoms with Crippen molar-refractivity contribution < 1.29 is 13.5 Å². The van der Waals surface area contributed by atoms with E-state index < -0.39 is 10.0 Å². The number of aromatic nitrogens is 2. The van der Waals surface area contributed by atoms with Crippen LogP contribution in [0.1, 0.15) is 18.5 Å². The molecule has 0 spiro atoms. The summed E-state index contributed by atoms with van der Waals surface area (Å²) in [6.45, 7) is 4.77. The zero-order valence-electron chi connectivity index (χ0n) is 12.6. The van der Waals surface area contributed by atoms with Crippen LogP contribution in [0.15, 0.2) is 11.1 Å². The van der Waals surface area contributed by atoms with Crippen LogP contribution < -0.4 is 4.72 Å². The Bertz CT molecular complexity index is 570. The van der Waals surface area contributed by atoms with E-state index in [-0.39, 0.29) is 11.5 Å². The molecule has 21 heavy (non-hydrogen) atoms. The summed E-state index contributed by atoms with van der Waals surface area (Å²) < 4.78 is 28.6. The lowest BCUT2D eigenvalue weighted by molar-refractivity contribution is 0.122. The lowest BCUT2D eigenvalue weighted by Crippen LogP contribution is -2.41. The maximum atomic E-state index is 12.2. The van der Waals surface area contributed by atoms with Gasteiger partial charge in [-0.2, -0.15) is 5.10 Å². The Kier molecular flexibility index (Phi) is 5.37. The Morgan fingerprint density at radius 2 is 2.29 bits per heavy atom. The Morgan fingerprint density at radius 1 is 1.52 bits per heavy atom. The van der Waals surface area contributed by atoms with Crippen LogP contribution in [0.25, 0.3) is 0 Å². The second kappa shape index (κ2) is 6.87. The lowest BCUT2D eigenvalue weighted by atomic mass is 9.99. The van der Waals surface area contributed by atoms with Crippen LogP contribution in [0.3, 0.4) is 0 Å². The molecule has 1 aromatic rings. The second-order valence-corrected chi connectivity index (χ2v) is 7.34. The Balaban J connectivity index is 1.86. The molecular formula is C13H24N4O3S. The largest absolute Gasteiger partial charge is 0.396 e. The predicted molar refractivity (Wildman–Crippen MR) is 79.4 cm³/mol. The van der Waals surface area contributed by atoms with Crippen LogP contribution in [0.4, 0.5) is 0 Å². The number of likely N-dealkylation sites (tertiary alicyclic amines) is 1. The van der Waals surface area contributed by atoms with E-state index in [1.165, 1.54) is 6.20 Å². The smallest absolute Gasteiger partial charge is 0.244 e. The quantitative estimate of drug-likeness (QED) is 0.753. The highest BCUT2D eigenvalue weighted by molar-refractivity contribution is 7.89. The zero-order valence-corrected chi connectivity index (χ0v) is 13.4. The molecule has 0 amide bonds. The van der Waals surface area contributed by atoms with Crippen molar-refractivity contribution in [3.8, 4) is 0 Å². The topological polar surface area (TPSA) is 87.5 Å². The summed E-state index contributed by atoms with van der Waals surface area (Å²) in [7, 11) is -1.78. The number of aliphatic hydroxyl groups is 1. The first-order valence-corrected chi connectivity index (χ1v) is 8.74. The highest BCUT2D eigenvalue weighted by Gasteiger charge is 2.22. The fourth-order valence-electron chi connectivity index (χ4n) is 2.66. The third kappa shape index (κ3) is 4.03. The molecule has 8 heteroatoms. The number of nitrogens with zero attached hydrogens (tertiary/aromatic N) is 3. The summed E-state index contributed by atoms with van der Waals surface area (Å²) in [5.41, 5.74) is 0.626. The van der Waals surface area contributed by atoms with Gasteiger partial charge in [0.25, 0.3) is 0 Å². The number of rotatable bonds is 6. The molecule has 2 rings (SSSR count). The Hall–Kier alpha value is -0.960. The van der Waals surface area contributed by atoms with Gasteiger partial charge in [-0.15, -0.1) is 0 Å². The van der Waals surface area contributed by atoms with Gasteiger partial charge in [-0.25, -0.2) is 13.1 Å². The number of piperidine rings is 1. The molecule has 0 bridgehead atoms.